The van der Waals surface area contributed by atoms with Crippen molar-refractivity contribution >= 4 is 29.3 Å². The highest BCUT2D eigenvalue weighted by Gasteiger charge is 2.36. The zero-order valence-corrected chi connectivity index (χ0v) is 27.9. The van der Waals surface area contributed by atoms with E-state index in [4.69, 9.17) is 15.2 Å². The highest BCUT2D eigenvalue weighted by molar-refractivity contribution is 6.00. The number of nitrogens with zero attached hydrogens (tertiary/aromatic N) is 3. The van der Waals surface area contributed by atoms with Crippen LogP contribution in [0.3, 0.4) is 0 Å². The monoisotopic (exact) mass is 649 g/mol. The van der Waals surface area contributed by atoms with Gasteiger partial charge in [-0.2, -0.15) is 5.10 Å². The van der Waals surface area contributed by atoms with Gasteiger partial charge in [-0.25, -0.2) is 9.07 Å². The number of nitrogens with one attached hydrogen (secondary N) is 1. The molecule has 1 heterocycles. The van der Waals surface area contributed by atoms with Crippen LogP contribution in [0.5, 0.6) is 0 Å². The number of fused-ring (bicyclic) bond motifs is 1. The summed E-state index contributed by atoms with van der Waals surface area (Å²) in [5.41, 5.74) is 7.59. The number of benzene rings is 1. The van der Waals surface area contributed by atoms with Crippen LogP contribution in [0.15, 0.2) is 12.1 Å². The Kier molecular flexibility index (Phi) is 11.1. The molecule has 3 N–H and O–H groups in total. The maximum absolute atomic E-state index is 15.4. The van der Waals surface area contributed by atoms with Crippen molar-refractivity contribution in [3.8, 4) is 5.69 Å². The molecule has 2 aromatic rings. The lowest BCUT2D eigenvalue weighted by Crippen LogP contribution is -3.00. The van der Waals surface area contributed by atoms with Crippen molar-refractivity contribution in [2.45, 2.75) is 90.9 Å². The van der Waals surface area contributed by atoms with Crippen LogP contribution in [0.25, 0.3) is 5.69 Å². The number of hydrogen-bond donors (Lipinski definition) is 2. The van der Waals surface area contributed by atoms with Gasteiger partial charge in [-0.15, -0.1) is 0 Å². The Balaban J connectivity index is 0.00000552. The lowest BCUT2D eigenvalue weighted by Gasteiger charge is -2.31. The normalized spacial score (nSPS) is 20.0. The van der Waals surface area contributed by atoms with Gasteiger partial charge in [0.05, 0.1) is 61.5 Å². The summed E-state index contributed by atoms with van der Waals surface area (Å²) in [6.45, 7) is 7.59. The molecule has 0 aliphatic heterocycles. The van der Waals surface area contributed by atoms with Crippen LogP contribution >= 0.6 is 0 Å². The zero-order valence-electron chi connectivity index (χ0n) is 27.2. The number of primary amides is 1. The molecule has 45 heavy (non-hydrogen) atoms. The summed E-state index contributed by atoms with van der Waals surface area (Å²) in [5, 5.41) is 7.88. The number of Topliss-reactive ketones (excluding diaryl/α,β-unsaturated/α-hetero) is 1. The fourth-order valence-electron chi connectivity index (χ4n) is 6.39. The van der Waals surface area contributed by atoms with E-state index in [-0.39, 0.29) is 53.4 Å². The first-order valence-corrected chi connectivity index (χ1v) is 15.1. The molecule has 0 saturated heterocycles. The first-order chi connectivity index (χ1) is 20.4. The van der Waals surface area contributed by atoms with Gasteiger partial charge in [0.25, 0.3) is 5.91 Å². The molecule has 1 saturated carbocycles. The molecule has 2 aliphatic carbocycles. The van der Waals surface area contributed by atoms with Gasteiger partial charge in [0.15, 0.2) is 11.9 Å². The Bertz CT molecular complexity index is 1460. The summed E-state index contributed by atoms with van der Waals surface area (Å²) < 4.78 is 28.6. The van der Waals surface area contributed by atoms with Crippen molar-refractivity contribution in [2.24, 2.45) is 11.1 Å². The summed E-state index contributed by atoms with van der Waals surface area (Å²) >= 11 is 0. The number of aryl methyl sites for hydroxylation is 1. The Morgan fingerprint density at radius 2 is 1.80 bits per heavy atom. The molecule has 0 bridgehead atoms. The van der Waals surface area contributed by atoms with Crippen LogP contribution in [0.2, 0.25) is 0 Å². The molecular weight excluding hydrogens is 605 g/mol. The second-order valence-electron chi connectivity index (χ2n) is 14.0. The number of carbonyl (C=O) groups excluding carboxylic acids is 4. The molecule has 1 aromatic heterocycles. The van der Waals surface area contributed by atoms with Gasteiger partial charge in [-0.05, 0) is 50.5 Å². The number of rotatable bonds is 10. The average molecular weight is 650 g/mol. The molecule has 11 nitrogen and oxygen atoms in total. The third kappa shape index (κ3) is 9.03. The van der Waals surface area contributed by atoms with E-state index >= 15 is 4.39 Å². The predicted molar refractivity (Wildman–Crippen MR) is 162 cm³/mol. The van der Waals surface area contributed by atoms with E-state index in [0.29, 0.717) is 66.5 Å². The van der Waals surface area contributed by atoms with E-state index in [1.54, 1.807) is 17.7 Å². The van der Waals surface area contributed by atoms with Crippen LogP contribution in [0.1, 0.15) is 91.4 Å². The highest BCUT2D eigenvalue weighted by atomic mass is 35.5. The van der Waals surface area contributed by atoms with Crippen molar-refractivity contribution in [3.05, 3.63) is 40.5 Å². The number of carbonyl (C=O) groups is 4. The van der Waals surface area contributed by atoms with Gasteiger partial charge >= 0.3 is 11.9 Å². The maximum Gasteiger partial charge on any atom is 0.310 e. The van der Waals surface area contributed by atoms with E-state index in [2.05, 4.69) is 10.4 Å². The quantitative estimate of drug-likeness (QED) is 0.285. The Hall–Kier alpha value is -3.51. The molecule has 1 unspecified atom stereocenters. The van der Waals surface area contributed by atoms with Crippen molar-refractivity contribution in [3.63, 3.8) is 0 Å². The van der Waals surface area contributed by atoms with E-state index in [0.717, 1.165) is 5.69 Å². The fraction of sp³-hybridized carbons (Fsp3) is 0.594. The van der Waals surface area contributed by atoms with E-state index < -0.39 is 29.8 Å². The first-order valence-electron chi connectivity index (χ1n) is 15.1. The summed E-state index contributed by atoms with van der Waals surface area (Å²) in [7, 11) is 5.85. The maximum atomic E-state index is 15.4. The van der Waals surface area contributed by atoms with Crippen molar-refractivity contribution < 1.29 is 49.9 Å². The van der Waals surface area contributed by atoms with Gasteiger partial charge in [0, 0.05) is 25.5 Å². The Morgan fingerprint density at radius 3 is 2.38 bits per heavy atom. The van der Waals surface area contributed by atoms with Gasteiger partial charge in [0.2, 0.25) is 0 Å². The molecule has 1 amide bonds. The summed E-state index contributed by atoms with van der Waals surface area (Å²) in [5.74, 6) is -2.53. The van der Waals surface area contributed by atoms with Gasteiger partial charge in [-0.3, -0.25) is 19.2 Å². The van der Waals surface area contributed by atoms with Crippen LogP contribution in [0.4, 0.5) is 10.1 Å². The number of ketones is 1. The van der Waals surface area contributed by atoms with Crippen molar-refractivity contribution in [1.29, 1.82) is 0 Å². The lowest BCUT2D eigenvalue weighted by molar-refractivity contribution is -0.873. The standard InChI is InChI=1S/C32H44FN5O6.ClH/c1-18-29-26(15-32(3,4)16-27(29)40)37(36-18)21-12-24(33)30(31(34)42)25(13-21)35-20-8-10-22(11-9-20)44-28(41)14-23(43-19(2)39)17-38(5,6)7;/h12-13,20,22-23H,8-11,14-17H2,1-7H3,(H2-,34,35,42);1H. The van der Waals surface area contributed by atoms with Crippen LogP contribution < -0.4 is 23.5 Å². The number of quaternary nitrogens is 1. The molecule has 4 rings (SSSR count). The zero-order chi connectivity index (χ0) is 32.6. The van der Waals surface area contributed by atoms with E-state index in [1.807, 2.05) is 35.0 Å². The summed E-state index contributed by atoms with van der Waals surface area (Å²) in [4.78, 5) is 49.4. The van der Waals surface area contributed by atoms with Crippen LogP contribution in [0, 0.1) is 18.2 Å². The second-order valence-corrected chi connectivity index (χ2v) is 14.0. The Labute approximate surface area is 270 Å². The smallest absolute Gasteiger partial charge is 0.310 e. The van der Waals surface area contributed by atoms with Crippen molar-refractivity contribution in [1.82, 2.24) is 9.78 Å². The minimum atomic E-state index is -0.898. The molecule has 0 spiro atoms. The first kappa shape index (κ1) is 36.0. The molecule has 0 radical (unpaired) electrons. The van der Waals surface area contributed by atoms with Crippen LogP contribution in [-0.4, -0.2) is 83.8 Å². The molecule has 1 fully saturated rings. The summed E-state index contributed by atoms with van der Waals surface area (Å²) in [6.07, 6.45) is 2.43. The Morgan fingerprint density at radius 1 is 1.16 bits per heavy atom. The second kappa shape index (κ2) is 13.9. The number of likely N-dealkylation sites (N-methyl/N-ethyl adjacent to an activating group) is 1. The minimum Gasteiger partial charge on any atom is -1.00 e. The lowest BCUT2D eigenvalue weighted by atomic mass is 9.75. The van der Waals surface area contributed by atoms with E-state index in [1.165, 1.54) is 13.0 Å². The number of ether oxygens (including phenoxy) is 2. The molecular formula is C32H45ClFN5O6. The molecule has 248 valence electrons. The fourth-order valence-corrected chi connectivity index (χ4v) is 6.39. The number of amides is 1. The topological polar surface area (TPSA) is 143 Å². The van der Waals surface area contributed by atoms with Gasteiger partial charge in [0.1, 0.15) is 18.5 Å². The molecule has 1 atom stereocenters. The summed E-state index contributed by atoms with van der Waals surface area (Å²) in [6, 6.07) is 2.75. The number of hydrogen-bond acceptors (Lipinski definition) is 8. The molecule has 1 aromatic carbocycles. The SMILES string of the molecule is CC(=O)OC(CC(=O)OC1CCC(Nc2cc(-n3nc(C)c4c3CC(C)(C)CC4=O)cc(F)c2C(N)=O)CC1)C[N+](C)(C)C.[Cl-]. The largest absolute Gasteiger partial charge is 1.00 e. The van der Waals surface area contributed by atoms with Gasteiger partial charge in [-0.1, -0.05) is 13.8 Å². The number of esters is 2. The van der Waals surface area contributed by atoms with Crippen molar-refractivity contribution in [2.75, 3.05) is 33.0 Å². The number of anilines is 1. The third-order valence-corrected chi connectivity index (χ3v) is 8.10. The predicted octanol–water partition coefficient (Wildman–Crippen LogP) is 0.872. The molecule has 2 aliphatic rings. The number of halogens is 2. The van der Waals surface area contributed by atoms with E-state index in [9.17, 15) is 19.2 Å². The van der Waals surface area contributed by atoms with Gasteiger partial charge < -0.3 is 37.4 Å². The number of aromatic nitrogens is 2. The highest BCUT2D eigenvalue weighted by Crippen LogP contribution is 2.38. The molecule has 13 heteroatoms. The minimum absolute atomic E-state index is 0. The van der Waals surface area contributed by atoms with Crippen LogP contribution in [-0.2, 0) is 25.5 Å². The average Bonchev–Trinajstić information content (AvgIpc) is 3.18. The third-order valence-electron chi connectivity index (χ3n) is 8.10. The number of nitrogens with two attached hydrogens (primary N) is 1.